The molecule has 13 nitrogen and oxygen atoms in total. The molecule has 1 aromatic carbocycles. The van der Waals surface area contributed by atoms with E-state index < -0.39 is 76.3 Å². The van der Waals surface area contributed by atoms with Crippen LogP contribution in [0.4, 0.5) is 4.79 Å². The first-order valence-corrected chi connectivity index (χ1v) is 17.2. The number of primary amides is 1. The van der Waals surface area contributed by atoms with Crippen molar-refractivity contribution in [1.29, 1.82) is 0 Å². The Balaban J connectivity index is 1.83. The summed E-state index contributed by atoms with van der Waals surface area (Å²) >= 11 is 0. The van der Waals surface area contributed by atoms with Crippen LogP contribution in [0.1, 0.15) is 109 Å². The molecule has 2 aliphatic heterocycles. The van der Waals surface area contributed by atoms with Gasteiger partial charge in [-0.2, -0.15) is 0 Å². The molecular weight excluding hydrogens is 628 g/mol. The van der Waals surface area contributed by atoms with Crippen molar-refractivity contribution in [3.05, 3.63) is 35.4 Å². The molecule has 1 fully saturated rings. The van der Waals surface area contributed by atoms with Crippen LogP contribution in [0.25, 0.3) is 0 Å². The average molecular weight is 683 g/mol. The van der Waals surface area contributed by atoms with Crippen LogP contribution in [-0.2, 0) is 19.2 Å². The van der Waals surface area contributed by atoms with E-state index in [9.17, 15) is 33.6 Å². The van der Waals surface area contributed by atoms with Gasteiger partial charge in [0.05, 0.1) is 29.8 Å². The molecule has 5 atom stereocenters. The van der Waals surface area contributed by atoms with Gasteiger partial charge < -0.3 is 26.6 Å². The molecule has 13 heteroatoms. The number of nitrogens with two attached hydrogens (primary N) is 1. The van der Waals surface area contributed by atoms with E-state index in [2.05, 4.69) is 16.0 Å². The van der Waals surface area contributed by atoms with E-state index in [4.69, 9.17) is 5.73 Å². The molecule has 0 saturated carbocycles. The number of carbonyl (C=O) groups excluding carboxylic acids is 7. The van der Waals surface area contributed by atoms with Gasteiger partial charge in [-0.25, -0.2) is 4.79 Å². The topological polar surface area (TPSA) is 188 Å². The molecule has 49 heavy (non-hydrogen) atoms. The van der Waals surface area contributed by atoms with Gasteiger partial charge in [-0.15, -0.1) is 0 Å². The number of hydrogen-bond acceptors (Lipinski definition) is 7. The van der Waals surface area contributed by atoms with Gasteiger partial charge in [0.15, 0.2) is 0 Å². The molecule has 1 aromatic rings. The highest BCUT2D eigenvalue weighted by molar-refractivity contribution is 6.37. The van der Waals surface area contributed by atoms with E-state index in [0.29, 0.717) is 24.0 Å². The monoisotopic (exact) mass is 682 g/mol. The Hall–Kier alpha value is -4.29. The number of fused-ring (bicyclic) bond motifs is 1. The van der Waals surface area contributed by atoms with Crippen LogP contribution >= 0.6 is 0 Å². The van der Waals surface area contributed by atoms with Crippen LogP contribution in [0, 0.1) is 22.7 Å². The fourth-order valence-corrected chi connectivity index (χ4v) is 6.23. The smallest absolute Gasteiger partial charge is 0.315 e. The van der Waals surface area contributed by atoms with Gasteiger partial charge in [-0.3, -0.25) is 33.7 Å². The minimum absolute atomic E-state index is 0.0278. The van der Waals surface area contributed by atoms with Gasteiger partial charge >= 0.3 is 6.03 Å². The molecule has 7 amide bonds. The maximum absolute atomic E-state index is 14.3. The highest BCUT2D eigenvalue weighted by atomic mass is 16.2. The molecule has 5 N–H and O–H groups in total. The van der Waals surface area contributed by atoms with Gasteiger partial charge in [0.25, 0.3) is 17.7 Å². The Morgan fingerprint density at radius 2 is 1.47 bits per heavy atom. The second kappa shape index (κ2) is 15.5. The zero-order chi connectivity index (χ0) is 37.0. The largest absolute Gasteiger partial charge is 0.363 e. The number of benzene rings is 1. The normalized spacial score (nSPS) is 19.7. The van der Waals surface area contributed by atoms with Gasteiger partial charge in [0.1, 0.15) is 12.1 Å². The molecule has 0 radical (unpaired) electrons. The van der Waals surface area contributed by atoms with Crippen molar-refractivity contribution in [3.8, 4) is 0 Å². The quantitative estimate of drug-likeness (QED) is 0.182. The Morgan fingerprint density at radius 1 is 0.898 bits per heavy atom. The Morgan fingerprint density at radius 3 is 1.94 bits per heavy atom. The lowest BCUT2D eigenvalue weighted by molar-refractivity contribution is -0.143. The molecule has 1 unspecified atom stereocenters. The maximum atomic E-state index is 14.3. The number of rotatable bonds is 13. The number of carbonyl (C=O) groups is 7. The van der Waals surface area contributed by atoms with Crippen molar-refractivity contribution in [2.75, 3.05) is 13.1 Å². The predicted octanol–water partition coefficient (Wildman–Crippen LogP) is 3.01. The van der Waals surface area contributed by atoms with Crippen molar-refractivity contribution >= 4 is 41.4 Å². The van der Waals surface area contributed by atoms with Crippen LogP contribution in [0.2, 0.25) is 0 Å². The zero-order valence-corrected chi connectivity index (χ0v) is 30.3. The molecule has 0 aliphatic carbocycles. The third-order valence-corrected chi connectivity index (χ3v) is 9.57. The van der Waals surface area contributed by atoms with Crippen LogP contribution in [0.5, 0.6) is 0 Å². The summed E-state index contributed by atoms with van der Waals surface area (Å²) in [5, 5.41) is 8.42. The number of nitrogens with zero attached hydrogens (tertiary/aromatic N) is 2. The van der Waals surface area contributed by atoms with Gasteiger partial charge in [0.2, 0.25) is 17.6 Å². The number of ketones is 1. The van der Waals surface area contributed by atoms with E-state index >= 15 is 0 Å². The number of Topliss-reactive ketones (excluding diaryl/α,β-unsaturated/α-hetero) is 1. The SMILES string of the molecule is CCCCC(NC(=O)[C@@H]1C[C@@H](C(C)C)CN1C(=O)[C@@H](NC(=O)N[C@H](CN1C(=O)c2ccccc2C1=O)C(C)(C)C)C(C)(C)C)C(=O)C(N)=O. The Kier molecular flexibility index (Phi) is 12.4. The third kappa shape index (κ3) is 9.24. The molecule has 270 valence electrons. The van der Waals surface area contributed by atoms with E-state index in [-0.39, 0.29) is 31.3 Å². The summed E-state index contributed by atoms with van der Waals surface area (Å²) in [6.45, 7) is 17.1. The fraction of sp³-hybridized carbons (Fsp3) is 0.639. The first kappa shape index (κ1) is 39.2. The van der Waals surface area contributed by atoms with Gasteiger partial charge in [-0.05, 0) is 47.6 Å². The van der Waals surface area contributed by atoms with Crippen LogP contribution < -0.4 is 21.7 Å². The lowest BCUT2D eigenvalue weighted by Crippen LogP contribution is -2.62. The maximum Gasteiger partial charge on any atom is 0.315 e. The molecule has 1 saturated heterocycles. The highest BCUT2D eigenvalue weighted by Gasteiger charge is 2.47. The minimum atomic E-state index is -1.14. The fourth-order valence-electron chi connectivity index (χ4n) is 6.23. The molecule has 0 aromatic heterocycles. The predicted molar refractivity (Wildman–Crippen MR) is 184 cm³/mol. The van der Waals surface area contributed by atoms with Crippen molar-refractivity contribution in [3.63, 3.8) is 0 Å². The number of likely N-dealkylation sites (tertiary alicyclic amines) is 1. The van der Waals surface area contributed by atoms with Crippen molar-refractivity contribution in [2.45, 2.75) is 112 Å². The van der Waals surface area contributed by atoms with E-state index in [1.54, 1.807) is 45.0 Å². The highest BCUT2D eigenvalue weighted by Crippen LogP contribution is 2.33. The summed E-state index contributed by atoms with van der Waals surface area (Å²) in [6, 6.07) is 2.11. The summed E-state index contributed by atoms with van der Waals surface area (Å²) in [7, 11) is 0. The van der Waals surface area contributed by atoms with Crippen molar-refractivity contribution in [1.82, 2.24) is 25.8 Å². The number of unbranched alkanes of at least 4 members (excludes halogenated alkanes) is 1. The summed E-state index contributed by atoms with van der Waals surface area (Å²) in [5.74, 6) is -3.82. The second-order valence-electron chi connectivity index (χ2n) is 15.8. The average Bonchev–Trinajstić information content (AvgIpc) is 3.56. The summed E-state index contributed by atoms with van der Waals surface area (Å²) in [6.07, 6.45) is 1.90. The summed E-state index contributed by atoms with van der Waals surface area (Å²) in [4.78, 5) is 94.8. The van der Waals surface area contributed by atoms with Crippen LogP contribution in [0.3, 0.4) is 0 Å². The molecule has 0 spiro atoms. The number of nitrogens with one attached hydrogen (secondary N) is 3. The van der Waals surface area contributed by atoms with Crippen molar-refractivity contribution in [2.24, 2.45) is 28.4 Å². The molecule has 2 heterocycles. The van der Waals surface area contributed by atoms with E-state index in [1.807, 2.05) is 41.5 Å². The number of hydrogen-bond donors (Lipinski definition) is 4. The molecule has 2 aliphatic rings. The first-order valence-electron chi connectivity index (χ1n) is 17.2. The minimum Gasteiger partial charge on any atom is -0.363 e. The third-order valence-electron chi connectivity index (χ3n) is 9.57. The molecular formula is C36H54N6O7. The Bertz CT molecular complexity index is 1430. The van der Waals surface area contributed by atoms with Gasteiger partial charge in [-0.1, -0.05) is 87.3 Å². The number of amides is 7. The summed E-state index contributed by atoms with van der Waals surface area (Å²) < 4.78 is 0. The number of urea groups is 1. The van der Waals surface area contributed by atoms with Crippen molar-refractivity contribution < 1.29 is 33.6 Å². The van der Waals surface area contributed by atoms with Crippen LogP contribution in [0.15, 0.2) is 24.3 Å². The lowest BCUT2D eigenvalue weighted by atomic mass is 9.85. The van der Waals surface area contributed by atoms with Crippen LogP contribution in [-0.4, -0.2) is 88.4 Å². The first-order chi connectivity index (χ1) is 22.7. The van der Waals surface area contributed by atoms with E-state index in [0.717, 1.165) is 11.3 Å². The van der Waals surface area contributed by atoms with E-state index in [1.165, 1.54) is 4.90 Å². The van der Waals surface area contributed by atoms with Gasteiger partial charge in [0, 0.05) is 6.54 Å². The number of imide groups is 1. The zero-order valence-electron chi connectivity index (χ0n) is 30.3. The molecule has 0 bridgehead atoms. The molecule has 3 rings (SSSR count). The standard InChI is InChI=1S/C36H54N6O7/c1-10-11-16-24(27(43)29(37)44)38-30(45)25-17-21(20(2)3)18-41(25)33(48)28(36(7,8)9)40-34(49)39-26(35(4,5)6)19-42-31(46)22-14-12-13-15-23(22)32(42)47/h12-15,20-21,24-26,28H,10-11,16-19H2,1-9H3,(H2,37,44)(H,38,45)(H2,39,40,49)/t21-,24?,25+,26-,28-/m1/s1. The lowest BCUT2D eigenvalue weighted by Gasteiger charge is -2.37. The second-order valence-corrected chi connectivity index (χ2v) is 15.8. The Labute approximate surface area is 289 Å². The summed E-state index contributed by atoms with van der Waals surface area (Å²) in [5.41, 5.74) is 4.49.